The van der Waals surface area contributed by atoms with Crippen LogP contribution >= 0.6 is 0 Å². The molecule has 1 atom stereocenters. The van der Waals surface area contributed by atoms with Gasteiger partial charge in [-0.1, -0.05) is 27.7 Å². The van der Waals surface area contributed by atoms with Gasteiger partial charge in [0.2, 0.25) is 0 Å². The molecule has 0 aromatic carbocycles. The molecule has 1 rings (SSSR count). The van der Waals surface area contributed by atoms with Gasteiger partial charge in [-0.05, 0) is 37.1 Å². The molecule has 2 N–H and O–H groups in total. The Morgan fingerprint density at radius 3 is 2.53 bits per heavy atom. The summed E-state index contributed by atoms with van der Waals surface area (Å²) in [5.41, 5.74) is 6.65. The molecular weight excluding hydrogens is 184 g/mol. The summed E-state index contributed by atoms with van der Waals surface area (Å²) in [5, 5.41) is 0. The molecule has 0 spiro atoms. The average Bonchev–Trinajstić information content (AvgIpc) is 1.99. The summed E-state index contributed by atoms with van der Waals surface area (Å²) in [5.74, 6) is 0.720. The lowest BCUT2D eigenvalue weighted by Gasteiger charge is -2.39. The third kappa shape index (κ3) is 4.98. The van der Waals surface area contributed by atoms with Crippen molar-refractivity contribution in [3.05, 3.63) is 0 Å². The van der Waals surface area contributed by atoms with Gasteiger partial charge in [-0.25, -0.2) is 0 Å². The highest BCUT2D eigenvalue weighted by Gasteiger charge is 2.26. The minimum atomic E-state index is 0.360. The summed E-state index contributed by atoms with van der Waals surface area (Å²) < 4.78 is 0. The van der Waals surface area contributed by atoms with Gasteiger partial charge in [0.05, 0.1) is 0 Å². The predicted octanol–water partition coefficient (Wildman–Crippen LogP) is 2.48. The van der Waals surface area contributed by atoms with Crippen LogP contribution in [0.15, 0.2) is 0 Å². The number of likely N-dealkylation sites (tertiary alicyclic amines) is 1. The maximum absolute atomic E-state index is 6.15. The lowest BCUT2D eigenvalue weighted by atomic mass is 9.84. The Bertz CT molecular complexity index is 187. The topological polar surface area (TPSA) is 29.3 Å². The number of hydrogen-bond acceptors (Lipinski definition) is 2. The smallest absolute Gasteiger partial charge is 0.0170 e. The molecule has 0 saturated carbocycles. The quantitative estimate of drug-likeness (QED) is 0.776. The van der Waals surface area contributed by atoms with Crippen LogP contribution < -0.4 is 5.73 Å². The zero-order valence-electron chi connectivity index (χ0n) is 10.9. The number of nitrogens with zero attached hydrogens (tertiary/aromatic N) is 1. The van der Waals surface area contributed by atoms with Crippen molar-refractivity contribution in [3.63, 3.8) is 0 Å². The van der Waals surface area contributed by atoms with E-state index in [1.165, 1.54) is 25.9 Å². The minimum absolute atomic E-state index is 0.360. The minimum Gasteiger partial charge on any atom is -0.327 e. The van der Waals surface area contributed by atoms with E-state index in [9.17, 15) is 0 Å². The predicted molar refractivity (Wildman–Crippen MR) is 66.9 cm³/mol. The molecule has 15 heavy (non-hydrogen) atoms. The van der Waals surface area contributed by atoms with E-state index in [4.69, 9.17) is 5.73 Å². The number of nitrogens with two attached hydrogens (primary N) is 1. The highest BCUT2D eigenvalue weighted by Crippen LogP contribution is 2.28. The SMILES string of the molecule is CC(C)CC(N)CN1CCCC(C)(C)C1. The zero-order valence-corrected chi connectivity index (χ0v) is 10.9. The summed E-state index contributed by atoms with van der Waals surface area (Å²) in [7, 11) is 0. The highest BCUT2D eigenvalue weighted by atomic mass is 15.1. The molecule has 90 valence electrons. The van der Waals surface area contributed by atoms with Crippen LogP contribution in [0.25, 0.3) is 0 Å². The molecule has 0 radical (unpaired) electrons. The molecule has 1 heterocycles. The fourth-order valence-electron chi connectivity index (χ4n) is 2.71. The second-order valence-electron chi connectivity index (χ2n) is 6.39. The van der Waals surface area contributed by atoms with Crippen molar-refractivity contribution in [1.29, 1.82) is 0 Å². The molecule has 0 aromatic heterocycles. The van der Waals surface area contributed by atoms with E-state index in [0.29, 0.717) is 11.5 Å². The van der Waals surface area contributed by atoms with Crippen LogP contribution in [0.5, 0.6) is 0 Å². The van der Waals surface area contributed by atoms with Gasteiger partial charge < -0.3 is 10.6 Å². The maximum atomic E-state index is 6.15. The summed E-state index contributed by atoms with van der Waals surface area (Å²) in [6.45, 7) is 12.8. The van der Waals surface area contributed by atoms with Crippen molar-refractivity contribution < 1.29 is 0 Å². The van der Waals surface area contributed by atoms with Gasteiger partial charge in [0.25, 0.3) is 0 Å². The van der Waals surface area contributed by atoms with Crippen molar-refractivity contribution in [2.75, 3.05) is 19.6 Å². The molecule has 1 fully saturated rings. The first-order chi connectivity index (χ1) is 6.89. The van der Waals surface area contributed by atoms with E-state index in [0.717, 1.165) is 18.9 Å². The standard InChI is InChI=1S/C13H28N2/c1-11(2)8-12(14)9-15-7-5-6-13(3,4)10-15/h11-12H,5-10,14H2,1-4H3. The number of piperidine rings is 1. The second-order valence-corrected chi connectivity index (χ2v) is 6.39. The Kier molecular flexibility index (Phi) is 4.60. The van der Waals surface area contributed by atoms with Gasteiger partial charge in [0, 0.05) is 19.1 Å². The van der Waals surface area contributed by atoms with Crippen LogP contribution in [-0.2, 0) is 0 Å². The molecule has 2 heteroatoms. The molecule has 0 aromatic rings. The summed E-state index contributed by atoms with van der Waals surface area (Å²) in [4.78, 5) is 2.55. The average molecular weight is 212 g/mol. The normalized spacial score (nSPS) is 24.4. The highest BCUT2D eigenvalue weighted by molar-refractivity contribution is 4.81. The molecule has 1 saturated heterocycles. The summed E-state index contributed by atoms with van der Waals surface area (Å²) in [6, 6.07) is 0.360. The van der Waals surface area contributed by atoms with Gasteiger partial charge in [0.1, 0.15) is 0 Å². The van der Waals surface area contributed by atoms with E-state index in [2.05, 4.69) is 32.6 Å². The number of hydrogen-bond donors (Lipinski definition) is 1. The third-order valence-electron chi connectivity index (χ3n) is 3.25. The van der Waals surface area contributed by atoms with Crippen molar-refractivity contribution in [2.24, 2.45) is 17.1 Å². The van der Waals surface area contributed by atoms with Crippen LogP contribution in [0.1, 0.15) is 47.0 Å². The fourth-order valence-corrected chi connectivity index (χ4v) is 2.71. The van der Waals surface area contributed by atoms with Crippen LogP contribution in [0, 0.1) is 11.3 Å². The Morgan fingerprint density at radius 1 is 1.33 bits per heavy atom. The molecule has 0 amide bonds. The van der Waals surface area contributed by atoms with Gasteiger partial charge in [-0.15, -0.1) is 0 Å². The summed E-state index contributed by atoms with van der Waals surface area (Å²) in [6.07, 6.45) is 3.85. The van der Waals surface area contributed by atoms with Gasteiger partial charge in [-0.2, -0.15) is 0 Å². The number of rotatable bonds is 4. The van der Waals surface area contributed by atoms with Crippen LogP contribution in [-0.4, -0.2) is 30.6 Å². The monoisotopic (exact) mass is 212 g/mol. The Hall–Kier alpha value is -0.0800. The first-order valence-electron chi connectivity index (χ1n) is 6.37. The lowest BCUT2D eigenvalue weighted by molar-refractivity contribution is 0.109. The Labute approximate surface area is 95.2 Å². The van der Waals surface area contributed by atoms with Crippen LogP contribution in [0.3, 0.4) is 0 Å². The van der Waals surface area contributed by atoms with Crippen LogP contribution in [0.2, 0.25) is 0 Å². The maximum Gasteiger partial charge on any atom is 0.0170 e. The molecule has 1 aliphatic heterocycles. The Balaban J connectivity index is 2.31. The molecule has 1 aliphatic rings. The molecule has 1 unspecified atom stereocenters. The fraction of sp³-hybridized carbons (Fsp3) is 1.00. The summed E-state index contributed by atoms with van der Waals surface area (Å²) >= 11 is 0. The van der Waals surface area contributed by atoms with E-state index in [1.807, 2.05) is 0 Å². The van der Waals surface area contributed by atoms with Gasteiger partial charge in [0.15, 0.2) is 0 Å². The third-order valence-corrected chi connectivity index (χ3v) is 3.25. The molecular formula is C13H28N2. The van der Waals surface area contributed by atoms with Crippen molar-refractivity contribution in [1.82, 2.24) is 4.90 Å². The van der Waals surface area contributed by atoms with E-state index in [-0.39, 0.29) is 0 Å². The second kappa shape index (κ2) is 5.31. The van der Waals surface area contributed by atoms with Gasteiger partial charge >= 0.3 is 0 Å². The van der Waals surface area contributed by atoms with E-state index < -0.39 is 0 Å². The molecule has 0 bridgehead atoms. The largest absolute Gasteiger partial charge is 0.327 e. The van der Waals surface area contributed by atoms with Gasteiger partial charge in [-0.3, -0.25) is 0 Å². The first-order valence-corrected chi connectivity index (χ1v) is 6.37. The van der Waals surface area contributed by atoms with Crippen molar-refractivity contribution in [2.45, 2.75) is 53.0 Å². The van der Waals surface area contributed by atoms with E-state index in [1.54, 1.807) is 0 Å². The van der Waals surface area contributed by atoms with E-state index >= 15 is 0 Å². The van der Waals surface area contributed by atoms with Crippen molar-refractivity contribution in [3.8, 4) is 0 Å². The lowest BCUT2D eigenvalue weighted by Crippen LogP contribution is -2.46. The molecule has 0 aliphatic carbocycles. The molecule has 2 nitrogen and oxygen atoms in total. The van der Waals surface area contributed by atoms with Crippen molar-refractivity contribution >= 4 is 0 Å². The Morgan fingerprint density at radius 2 is 2.00 bits per heavy atom. The van der Waals surface area contributed by atoms with Crippen LogP contribution in [0.4, 0.5) is 0 Å². The zero-order chi connectivity index (χ0) is 11.5. The first kappa shape index (κ1) is 13.0.